The number of piperidine rings is 1. The maximum atomic E-state index is 12.4. The molecule has 1 saturated heterocycles. The van der Waals surface area contributed by atoms with E-state index in [9.17, 15) is 14.4 Å². The number of likely N-dealkylation sites (tertiary alicyclic amines) is 1. The highest BCUT2D eigenvalue weighted by Gasteiger charge is 2.34. The average molecular weight is 478 g/mol. The molecule has 1 N–H and O–H groups in total. The number of hydrogen-bond acceptors (Lipinski definition) is 6. The van der Waals surface area contributed by atoms with Crippen LogP contribution in [0.3, 0.4) is 0 Å². The summed E-state index contributed by atoms with van der Waals surface area (Å²) in [5.41, 5.74) is 3.55. The van der Waals surface area contributed by atoms with Crippen LogP contribution in [0.5, 0.6) is 5.75 Å². The Labute approximate surface area is 203 Å². The summed E-state index contributed by atoms with van der Waals surface area (Å²) in [5, 5.41) is 3.81. The maximum Gasteiger partial charge on any atom is 0.339 e. The van der Waals surface area contributed by atoms with Gasteiger partial charge in [-0.05, 0) is 56.9 Å². The van der Waals surface area contributed by atoms with Crippen molar-refractivity contribution in [3.63, 3.8) is 0 Å². The Morgan fingerprint density at radius 2 is 1.89 bits per heavy atom. The van der Waals surface area contributed by atoms with E-state index in [0.29, 0.717) is 40.8 Å². The molecule has 8 nitrogen and oxygen atoms in total. The Morgan fingerprint density at radius 3 is 2.71 bits per heavy atom. The molecule has 2 aliphatic heterocycles. The molecule has 0 aliphatic carbocycles. The molecule has 2 bridgehead atoms. The third kappa shape index (κ3) is 4.50. The first-order valence-corrected chi connectivity index (χ1v) is 12.2. The molecule has 0 saturated carbocycles. The first-order valence-electron chi connectivity index (χ1n) is 12.2. The summed E-state index contributed by atoms with van der Waals surface area (Å²) in [5.74, 6) is 1.15. The van der Waals surface area contributed by atoms with Crippen molar-refractivity contribution in [2.75, 3.05) is 32.8 Å². The average Bonchev–Trinajstić information content (AvgIpc) is 2.83. The SMILES string of the molecule is Cc1c(C)c2ccc(OCC(=O)NCCN3CC4CC(C3)c3cccc(=O)n3C4)c(C)c2oc1=O. The number of ether oxygens (including phenoxy) is 1. The molecule has 4 heterocycles. The molecule has 8 heteroatoms. The van der Waals surface area contributed by atoms with E-state index in [2.05, 4.69) is 16.3 Å². The summed E-state index contributed by atoms with van der Waals surface area (Å²) >= 11 is 0. The van der Waals surface area contributed by atoms with Crippen molar-refractivity contribution in [3.8, 4) is 5.75 Å². The molecule has 3 aromatic rings. The molecule has 5 rings (SSSR count). The Bertz CT molecular complexity index is 1410. The maximum absolute atomic E-state index is 12.4. The summed E-state index contributed by atoms with van der Waals surface area (Å²) in [6.07, 6.45) is 1.12. The van der Waals surface area contributed by atoms with Gasteiger partial charge in [0, 0.05) is 66.9 Å². The largest absolute Gasteiger partial charge is 0.483 e. The minimum atomic E-state index is -0.356. The zero-order chi connectivity index (χ0) is 24.7. The van der Waals surface area contributed by atoms with Crippen LogP contribution in [0, 0.1) is 26.7 Å². The van der Waals surface area contributed by atoms with Gasteiger partial charge in [-0.15, -0.1) is 0 Å². The van der Waals surface area contributed by atoms with Gasteiger partial charge in [0.25, 0.3) is 11.5 Å². The van der Waals surface area contributed by atoms with Gasteiger partial charge in [0.1, 0.15) is 11.3 Å². The number of nitrogens with zero attached hydrogens (tertiary/aromatic N) is 2. The van der Waals surface area contributed by atoms with E-state index in [1.807, 2.05) is 36.6 Å². The second-order valence-corrected chi connectivity index (χ2v) is 9.80. The van der Waals surface area contributed by atoms with Gasteiger partial charge in [0.2, 0.25) is 0 Å². The first-order chi connectivity index (χ1) is 16.8. The van der Waals surface area contributed by atoms with Crippen molar-refractivity contribution in [3.05, 3.63) is 73.5 Å². The van der Waals surface area contributed by atoms with Crippen LogP contribution in [-0.4, -0.2) is 48.2 Å². The Kier molecular flexibility index (Phi) is 6.23. The first kappa shape index (κ1) is 23.4. The molecule has 35 heavy (non-hydrogen) atoms. The number of carbonyl (C=O) groups excluding carboxylic acids is 1. The number of benzene rings is 1. The van der Waals surface area contributed by atoms with Crippen molar-refractivity contribution >= 4 is 16.9 Å². The normalized spacial score (nSPS) is 19.4. The van der Waals surface area contributed by atoms with Gasteiger partial charge in [-0.25, -0.2) is 4.79 Å². The van der Waals surface area contributed by atoms with Gasteiger partial charge < -0.3 is 23.9 Å². The van der Waals surface area contributed by atoms with Crippen LogP contribution in [0.25, 0.3) is 11.0 Å². The lowest BCUT2D eigenvalue weighted by Gasteiger charge is -2.42. The minimum absolute atomic E-state index is 0.0898. The zero-order valence-electron chi connectivity index (χ0n) is 20.4. The van der Waals surface area contributed by atoms with Crippen molar-refractivity contribution in [2.24, 2.45) is 5.92 Å². The van der Waals surface area contributed by atoms with Crippen LogP contribution >= 0.6 is 0 Å². The summed E-state index contributed by atoms with van der Waals surface area (Å²) in [6, 6.07) is 9.22. The Balaban J connectivity index is 1.14. The highest BCUT2D eigenvalue weighted by molar-refractivity contribution is 5.85. The van der Waals surface area contributed by atoms with Crippen LogP contribution < -0.4 is 21.2 Å². The van der Waals surface area contributed by atoms with E-state index in [1.165, 1.54) is 0 Å². The van der Waals surface area contributed by atoms with Gasteiger partial charge in [-0.1, -0.05) is 6.07 Å². The summed E-state index contributed by atoms with van der Waals surface area (Å²) in [7, 11) is 0. The van der Waals surface area contributed by atoms with Gasteiger partial charge in [0.15, 0.2) is 6.61 Å². The second kappa shape index (κ2) is 9.34. The van der Waals surface area contributed by atoms with Crippen molar-refractivity contribution < 1.29 is 13.9 Å². The van der Waals surface area contributed by atoms with E-state index in [1.54, 1.807) is 13.0 Å². The van der Waals surface area contributed by atoms with Gasteiger partial charge in [-0.3, -0.25) is 9.59 Å². The monoisotopic (exact) mass is 477 g/mol. The molecule has 1 aromatic carbocycles. The fourth-order valence-corrected chi connectivity index (χ4v) is 5.51. The van der Waals surface area contributed by atoms with E-state index < -0.39 is 0 Å². The fourth-order valence-electron chi connectivity index (χ4n) is 5.51. The molecular weight excluding hydrogens is 446 g/mol. The summed E-state index contributed by atoms with van der Waals surface area (Å²) < 4.78 is 13.2. The molecule has 0 radical (unpaired) electrons. The highest BCUT2D eigenvalue weighted by Crippen LogP contribution is 2.34. The van der Waals surface area contributed by atoms with Gasteiger partial charge in [0.05, 0.1) is 0 Å². The number of fused-ring (bicyclic) bond motifs is 5. The third-order valence-electron chi connectivity index (χ3n) is 7.49. The Hall–Kier alpha value is -3.39. The van der Waals surface area contributed by atoms with E-state index in [0.717, 1.165) is 49.2 Å². The lowest BCUT2D eigenvalue weighted by atomic mass is 9.83. The van der Waals surface area contributed by atoms with E-state index in [-0.39, 0.29) is 23.7 Å². The van der Waals surface area contributed by atoms with Crippen molar-refractivity contribution in [1.82, 2.24) is 14.8 Å². The number of aryl methyl sites for hydroxylation is 2. The molecule has 2 atom stereocenters. The zero-order valence-corrected chi connectivity index (χ0v) is 20.4. The van der Waals surface area contributed by atoms with Crippen molar-refractivity contribution in [1.29, 1.82) is 0 Å². The topological polar surface area (TPSA) is 93.8 Å². The summed E-state index contributed by atoms with van der Waals surface area (Å²) in [6.45, 7) is 9.26. The lowest BCUT2D eigenvalue weighted by Crippen LogP contribution is -2.49. The lowest BCUT2D eigenvalue weighted by molar-refractivity contribution is -0.123. The van der Waals surface area contributed by atoms with Crippen molar-refractivity contribution in [2.45, 2.75) is 39.7 Å². The van der Waals surface area contributed by atoms with Crippen LogP contribution in [0.4, 0.5) is 0 Å². The predicted octanol–water partition coefficient (Wildman–Crippen LogP) is 2.49. The van der Waals surface area contributed by atoms with Gasteiger partial charge in [-0.2, -0.15) is 0 Å². The number of rotatable bonds is 6. The summed E-state index contributed by atoms with van der Waals surface area (Å²) in [4.78, 5) is 39.1. The smallest absolute Gasteiger partial charge is 0.339 e. The van der Waals surface area contributed by atoms with E-state index in [4.69, 9.17) is 9.15 Å². The number of hydrogen-bond donors (Lipinski definition) is 1. The number of nitrogens with one attached hydrogen (secondary N) is 1. The molecule has 1 fully saturated rings. The van der Waals surface area contributed by atoms with Crippen LogP contribution in [0.1, 0.15) is 34.7 Å². The quantitative estimate of drug-likeness (QED) is 0.549. The molecule has 2 unspecified atom stereocenters. The molecule has 2 aliphatic rings. The van der Waals surface area contributed by atoms with Crippen LogP contribution in [0.2, 0.25) is 0 Å². The molecule has 184 valence electrons. The fraction of sp³-hybridized carbons (Fsp3) is 0.444. The van der Waals surface area contributed by atoms with Crippen LogP contribution in [-0.2, 0) is 11.3 Å². The van der Waals surface area contributed by atoms with E-state index >= 15 is 0 Å². The number of carbonyl (C=O) groups is 1. The molecule has 0 spiro atoms. The van der Waals surface area contributed by atoms with Crippen LogP contribution in [0.15, 0.2) is 44.3 Å². The Morgan fingerprint density at radius 1 is 1.06 bits per heavy atom. The predicted molar refractivity (Wildman–Crippen MR) is 133 cm³/mol. The number of pyridine rings is 1. The molecular formula is C27H31N3O5. The second-order valence-electron chi connectivity index (χ2n) is 9.80. The standard InChI is InChI=1S/C27H31N3O5/c1-16-17(2)27(33)35-26-18(3)23(8-7-21(16)26)34-15-24(31)28-9-10-29-12-19-11-20(14-29)22-5-4-6-25(32)30(22)13-19/h4-8,19-20H,9-15H2,1-3H3,(H,28,31). The third-order valence-corrected chi connectivity index (χ3v) is 7.49. The highest BCUT2D eigenvalue weighted by atomic mass is 16.5. The molecule has 2 aromatic heterocycles. The number of amides is 1. The molecule has 1 amide bonds. The number of aromatic nitrogens is 1. The van der Waals surface area contributed by atoms with Gasteiger partial charge >= 0.3 is 5.63 Å². The minimum Gasteiger partial charge on any atom is -0.483 e.